The number of benzene rings is 3. The lowest BCUT2D eigenvalue weighted by Gasteiger charge is -2.35. The number of para-hydroxylation sites is 1. The molecular formula is C33H42N4O4S. The Bertz CT molecular complexity index is 1410. The van der Waals surface area contributed by atoms with Gasteiger partial charge in [-0.25, -0.2) is 4.31 Å². The quantitative estimate of drug-likeness (QED) is 0.331. The maximum absolute atomic E-state index is 14.3. The van der Waals surface area contributed by atoms with Gasteiger partial charge in [0.25, 0.3) is 0 Å². The molecule has 1 saturated carbocycles. The van der Waals surface area contributed by atoms with Gasteiger partial charge >= 0.3 is 10.2 Å². The van der Waals surface area contributed by atoms with Gasteiger partial charge < -0.3 is 10.2 Å². The smallest absolute Gasteiger partial charge is 0.304 e. The first kappa shape index (κ1) is 31.3. The van der Waals surface area contributed by atoms with E-state index in [4.69, 9.17) is 0 Å². The van der Waals surface area contributed by atoms with E-state index >= 15 is 0 Å². The van der Waals surface area contributed by atoms with Crippen molar-refractivity contribution in [3.8, 4) is 0 Å². The molecule has 0 spiro atoms. The van der Waals surface area contributed by atoms with E-state index in [1.54, 1.807) is 35.2 Å². The Morgan fingerprint density at radius 2 is 1.43 bits per heavy atom. The first-order valence-corrected chi connectivity index (χ1v) is 16.0. The van der Waals surface area contributed by atoms with Gasteiger partial charge in [-0.15, -0.1) is 0 Å². The van der Waals surface area contributed by atoms with Gasteiger partial charge in [0.15, 0.2) is 0 Å². The summed E-state index contributed by atoms with van der Waals surface area (Å²) < 4.78 is 29.1. The molecule has 9 heteroatoms. The monoisotopic (exact) mass is 590 g/mol. The molecule has 0 aliphatic heterocycles. The number of hydrogen-bond donors (Lipinski definition) is 1. The van der Waals surface area contributed by atoms with Gasteiger partial charge in [-0.2, -0.15) is 12.7 Å². The molecule has 4 rings (SSSR count). The minimum Gasteiger partial charge on any atom is -0.352 e. The molecule has 0 saturated heterocycles. The second-order valence-corrected chi connectivity index (χ2v) is 13.3. The van der Waals surface area contributed by atoms with E-state index in [1.165, 1.54) is 14.1 Å². The summed E-state index contributed by atoms with van der Waals surface area (Å²) >= 11 is 0. The zero-order valence-corrected chi connectivity index (χ0v) is 25.6. The second-order valence-electron chi connectivity index (χ2n) is 11.2. The summed E-state index contributed by atoms with van der Waals surface area (Å²) in [4.78, 5) is 29.9. The number of anilines is 1. The van der Waals surface area contributed by atoms with Crippen LogP contribution in [0.1, 0.15) is 48.8 Å². The van der Waals surface area contributed by atoms with Crippen LogP contribution in [0.2, 0.25) is 0 Å². The molecule has 2 amide bonds. The highest BCUT2D eigenvalue weighted by molar-refractivity contribution is 7.90. The Balaban J connectivity index is 1.73. The molecule has 1 aliphatic carbocycles. The van der Waals surface area contributed by atoms with Gasteiger partial charge in [-0.1, -0.05) is 97.6 Å². The average molecular weight is 591 g/mol. The van der Waals surface area contributed by atoms with Crippen molar-refractivity contribution in [1.82, 2.24) is 14.5 Å². The van der Waals surface area contributed by atoms with Crippen molar-refractivity contribution < 1.29 is 18.0 Å². The fraction of sp³-hybridized carbons (Fsp3) is 0.394. The minimum atomic E-state index is -4.01. The predicted molar refractivity (Wildman–Crippen MR) is 167 cm³/mol. The summed E-state index contributed by atoms with van der Waals surface area (Å²) in [5, 5.41) is 3.23. The van der Waals surface area contributed by atoms with Crippen LogP contribution < -0.4 is 9.62 Å². The van der Waals surface area contributed by atoms with Gasteiger partial charge in [-0.3, -0.25) is 9.59 Å². The first-order chi connectivity index (χ1) is 20.1. The Morgan fingerprint density at radius 1 is 0.833 bits per heavy atom. The van der Waals surface area contributed by atoms with Crippen LogP contribution >= 0.6 is 0 Å². The molecular weight excluding hydrogens is 548 g/mol. The number of aryl methyl sites for hydroxylation is 1. The Labute approximate surface area is 250 Å². The lowest BCUT2D eigenvalue weighted by molar-refractivity contribution is -0.140. The molecule has 3 aromatic rings. The van der Waals surface area contributed by atoms with Crippen molar-refractivity contribution in [2.45, 2.75) is 64.1 Å². The number of nitrogens with zero attached hydrogens (tertiary/aromatic N) is 3. The Morgan fingerprint density at radius 3 is 2.02 bits per heavy atom. The molecule has 0 heterocycles. The van der Waals surface area contributed by atoms with E-state index in [0.717, 1.165) is 57.4 Å². The molecule has 0 aromatic heterocycles. The molecule has 1 unspecified atom stereocenters. The van der Waals surface area contributed by atoms with Gasteiger partial charge in [0.2, 0.25) is 11.8 Å². The maximum Gasteiger partial charge on any atom is 0.304 e. The lowest BCUT2D eigenvalue weighted by Crippen LogP contribution is -2.55. The number of carbonyl (C=O) groups excluding carboxylic acids is 2. The first-order valence-electron chi connectivity index (χ1n) is 14.6. The standard InChI is InChI=1S/C33H42N4O4S/c1-26-19-21-28(22-20-26)24-36(32(38)25-37(42(40,41)35(2)3)30-17-11-6-12-18-30)31(23-27-13-7-4-8-14-27)33(39)34-29-15-9-5-10-16-29/h4,6-8,11-14,17-22,29,31H,5,9-10,15-16,23-25H2,1-3H3,(H,34,39). The fourth-order valence-electron chi connectivity index (χ4n) is 5.30. The summed E-state index contributed by atoms with van der Waals surface area (Å²) in [7, 11) is -1.13. The third kappa shape index (κ3) is 8.20. The van der Waals surface area contributed by atoms with Crippen molar-refractivity contribution in [3.63, 3.8) is 0 Å². The SMILES string of the molecule is Cc1ccc(CN(C(=O)CN(c2ccccc2)S(=O)(=O)N(C)C)C(Cc2ccccc2)C(=O)NC2CCCCC2)cc1. The Hall–Kier alpha value is -3.69. The van der Waals surface area contributed by atoms with E-state index in [0.29, 0.717) is 12.1 Å². The number of carbonyl (C=O) groups is 2. The van der Waals surface area contributed by atoms with Gasteiger partial charge in [0.05, 0.1) is 5.69 Å². The predicted octanol–water partition coefficient (Wildman–Crippen LogP) is 4.70. The normalized spacial score (nSPS) is 14.8. The van der Waals surface area contributed by atoms with Crippen molar-refractivity contribution in [2.75, 3.05) is 24.9 Å². The van der Waals surface area contributed by atoms with Crippen LogP contribution in [-0.4, -0.2) is 62.2 Å². The maximum atomic E-state index is 14.3. The van der Waals surface area contributed by atoms with Crippen LogP contribution in [-0.2, 0) is 32.8 Å². The largest absolute Gasteiger partial charge is 0.352 e. The molecule has 8 nitrogen and oxygen atoms in total. The molecule has 1 N–H and O–H groups in total. The van der Waals surface area contributed by atoms with Gasteiger partial charge in [0, 0.05) is 33.1 Å². The number of nitrogens with one attached hydrogen (secondary N) is 1. The number of hydrogen-bond acceptors (Lipinski definition) is 4. The molecule has 0 bridgehead atoms. The summed E-state index contributed by atoms with van der Waals surface area (Å²) in [5.74, 6) is -0.669. The zero-order chi connectivity index (χ0) is 30.1. The third-order valence-electron chi connectivity index (χ3n) is 7.76. The van der Waals surface area contributed by atoms with Crippen LogP contribution in [0.25, 0.3) is 0 Å². The van der Waals surface area contributed by atoms with Gasteiger partial charge in [0.1, 0.15) is 12.6 Å². The third-order valence-corrected chi connectivity index (χ3v) is 9.58. The fourth-order valence-corrected chi connectivity index (χ4v) is 6.36. The van der Waals surface area contributed by atoms with Crippen molar-refractivity contribution in [1.29, 1.82) is 0 Å². The van der Waals surface area contributed by atoms with Crippen molar-refractivity contribution >= 4 is 27.7 Å². The van der Waals surface area contributed by atoms with Crippen LogP contribution in [0.4, 0.5) is 5.69 Å². The molecule has 42 heavy (non-hydrogen) atoms. The molecule has 1 aliphatic rings. The number of amides is 2. The van der Waals surface area contributed by atoms with Crippen LogP contribution in [0, 0.1) is 6.92 Å². The summed E-state index contributed by atoms with van der Waals surface area (Å²) in [6, 6.07) is 25.3. The highest BCUT2D eigenvalue weighted by atomic mass is 32.2. The molecule has 3 aromatic carbocycles. The minimum absolute atomic E-state index is 0.0655. The topological polar surface area (TPSA) is 90.0 Å². The van der Waals surface area contributed by atoms with E-state index < -0.39 is 28.7 Å². The van der Waals surface area contributed by atoms with Crippen molar-refractivity contribution in [3.05, 3.63) is 102 Å². The average Bonchev–Trinajstić information content (AvgIpc) is 2.99. The van der Waals surface area contributed by atoms with Crippen LogP contribution in [0.5, 0.6) is 0 Å². The van der Waals surface area contributed by atoms with Gasteiger partial charge in [-0.05, 0) is 43.0 Å². The highest BCUT2D eigenvalue weighted by Gasteiger charge is 2.35. The highest BCUT2D eigenvalue weighted by Crippen LogP contribution is 2.23. The lowest BCUT2D eigenvalue weighted by atomic mass is 9.94. The van der Waals surface area contributed by atoms with Crippen LogP contribution in [0.3, 0.4) is 0 Å². The van der Waals surface area contributed by atoms with Crippen LogP contribution in [0.15, 0.2) is 84.9 Å². The van der Waals surface area contributed by atoms with E-state index in [1.807, 2.05) is 61.5 Å². The second kappa shape index (κ2) is 14.5. The Kier molecular flexibility index (Phi) is 10.8. The van der Waals surface area contributed by atoms with E-state index in [9.17, 15) is 18.0 Å². The molecule has 224 valence electrons. The van der Waals surface area contributed by atoms with Crippen molar-refractivity contribution in [2.24, 2.45) is 0 Å². The zero-order valence-electron chi connectivity index (χ0n) is 24.8. The molecule has 1 fully saturated rings. The number of rotatable bonds is 12. The molecule has 1 atom stereocenters. The summed E-state index contributed by atoms with van der Waals surface area (Å²) in [6.07, 6.45) is 5.43. The summed E-state index contributed by atoms with van der Waals surface area (Å²) in [5.41, 5.74) is 3.24. The summed E-state index contributed by atoms with van der Waals surface area (Å²) in [6.45, 7) is 1.71. The van der Waals surface area contributed by atoms with E-state index in [-0.39, 0.29) is 18.5 Å². The molecule has 0 radical (unpaired) electrons. The van der Waals surface area contributed by atoms with E-state index in [2.05, 4.69) is 5.32 Å².